The molecule has 102 valence electrons. The Bertz CT molecular complexity index is 490. The number of carbonyl (C=O) groups excluding carboxylic acids is 1. The first-order valence-electron chi connectivity index (χ1n) is 6.17. The summed E-state index contributed by atoms with van der Waals surface area (Å²) in [6.07, 6.45) is 4.79. The number of urea groups is 1. The maximum atomic E-state index is 11.8. The van der Waals surface area contributed by atoms with Crippen LogP contribution in [0.3, 0.4) is 0 Å². The Morgan fingerprint density at radius 3 is 2.84 bits per heavy atom. The van der Waals surface area contributed by atoms with Gasteiger partial charge in [0.05, 0.1) is 6.54 Å². The molecule has 0 saturated carbocycles. The monoisotopic (exact) mass is 280 g/mol. The molecule has 0 aliphatic carbocycles. The highest BCUT2D eigenvalue weighted by atomic mass is 32.1. The van der Waals surface area contributed by atoms with Crippen LogP contribution >= 0.6 is 11.3 Å². The van der Waals surface area contributed by atoms with Crippen molar-refractivity contribution in [1.82, 2.24) is 10.2 Å². The van der Waals surface area contributed by atoms with Crippen LogP contribution in [0.1, 0.15) is 23.3 Å². The zero-order valence-corrected chi connectivity index (χ0v) is 11.3. The third-order valence-corrected chi connectivity index (χ3v) is 3.92. The van der Waals surface area contributed by atoms with E-state index >= 15 is 0 Å². The van der Waals surface area contributed by atoms with Crippen molar-refractivity contribution in [3.05, 3.63) is 28.0 Å². The number of hydrogen-bond donors (Lipinski definition) is 2. The average molecular weight is 280 g/mol. The van der Waals surface area contributed by atoms with Crippen molar-refractivity contribution in [2.45, 2.75) is 19.4 Å². The summed E-state index contributed by atoms with van der Waals surface area (Å²) < 4.78 is 0. The smallest absolute Gasteiger partial charge is 0.328 e. The van der Waals surface area contributed by atoms with Crippen LogP contribution in [0.4, 0.5) is 4.79 Å². The molecule has 2 heterocycles. The van der Waals surface area contributed by atoms with Crippen molar-refractivity contribution in [3.63, 3.8) is 0 Å². The summed E-state index contributed by atoms with van der Waals surface area (Å²) in [5.41, 5.74) is 0.842. The van der Waals surface area contributed by atoms with Gasteiger partial charge in [0.1, 0.15) is 0 Å². The largest absolute Gasteiger partial charge is 0.478 e. The lowest BCUT2D eigenvalue weighted by atomic mass is 10.2. The highest BCUT2D eigenvalue weighted by Crippen LogP contribution is 2.18. The molecular weight excluding hydrogens is 264 g/mol. The minimum Gasteiger partial charge on any atom is -0.478 e. The lowest BCUT2D eigenvalue weighted by molar-refractivity contribution is -0.131. The molecule has 1 aromatic heterocycles. The molecule has 6 heteroatoms. The van der Waals surface area contributed by atoms with Gasteiger partial charge >= 0.3 is 12.0 Å². The van der Waals surface area contributed by atoms with Crippen molar-refractivity contribution in [2.24, 2.45) is 0 Å². The summed E-state index contributed by atoms with van der Waals surface area (Å²) >= 11 is 1.51. The predicted molar refractivity (Wildman–Crippen MR) is 74.0 cm³/mol. The number of hydrogen-bond acceptors (Lipinski definition) is 3. The number of nitrogens with zero attached hydrogens (tertiary/aromatic N) is 1. The van der Waals surface area contributed by atoms with Crippen LogP contribution in [0, 0.1) is 0 Å². The summed E-state index contributed by atoms with van der Waals surface area (Å²) in [6.45, 7) is 2.08. The molecule has 1 aliphatic heterocycles. The fourth-order valence-corrected chi connectivity index (χ4v) is 2.80. The first-order valence-corrected chi connectivity index (χ1v) is 7.05. The molecule has 0 spiro atoms. The molecule has 0 atom stereocenters. The van der Waals surface area contributed by atoms with Crippen LogP contribution in [-0.4, -0.2) is 35.1 Å². The zero-order valence-electron chi connectivity index (χ0n) is 10.5. The van der Waals surface area contributed by atoms with Gasteiger partial charge in [-0.25, -0.2) is 9.59 Å². The Labute approximate surface area is 115 Å². The topological polar surface area (TPSA) is 69.6 Å². The summed E-state index contributed by atoms with van der Waals surface area (Å²) in [7, 11) is 0. The van der Waals surface area contributed by atoms with E-state index in [1.807, 2.05) is 11.4 Å². The first-order chi connectivity index (χ1) is 9.16. The molecule has 1 aliphatic rings. The normalized spacial score (nSPS) is 15.1. The third kappa shape index (κ3) is 3.82. The lowest BCUT2D eigenvalue weighted by Gasteiger charge is -2.15. The summed E-state index contributed by atoms with van der Waals surface area (Å²) in [5.74, 6) is -0.974. The average Bonchev–Trinajstić information content (AvgIpc) is 3.04. The van der Waals surface area contributed by atoms with E-state index in [0.717, 1.165) is 42.4 Å². The van der Waals surface area contributed by atoms with Crippen LogP contribution in [0.2, 0.25) is 0 Å². The van der Waals surface area contributed by atoms with Gasteiger partial charge in [-0.2, -0.15) is 0 Å². The second kappa shape index (κ2) is 6.38. The first kappa shape index (κ1) is 13.6. The molecular formula is C13H16N2O3S. The van der Waals surface area contributed by atoms with Crippen LogP contribution in [-0.2, 0) is 11.3 Å². The van der Waals surface area contributed by atoms with Crippen molar-refractivity contribution in [3.8, 4) is 0 Å². The Hall–Kier alpha value is -1.82. The quantitative estimate of drug-likeness (QED) is 0.830. The molecule has 0 unspecified atom stereocenters. The van der Waals surface area contributed by atoms with Gasteiger partial charge in [-0.3, -0.25) is 0 Å². The summed E-state index contributed by atoms with van der Waals surface area (Å²) in [5, 5.41) is 13.4. The minimum atomic E-state index is -0.974. The standard InChI is InChI=1S/C13H16N2O3S/c16-12(17)4-3-10-5-8-19-11(10)9-14-13(18)15-6-1-2-7-15/h3-5,8H,1-2,6-7,9H2,(H,14,18)(H,16,17). The molecule has 19 heavy (non-hydrogen) atoms. The highest BCUT2D eigenvalue weighted by molar-refractivity contribution is 7.10. The van der Waals surface area contributed by atoms with Crippen molar-refractivity contribution < 1.29 is 14.7 Å². The molecule has 1 fully saturated rings. The molecule has 0 aromatic carbocycles. The lowest BCUT2D eigenvalue weighted by Crippen LogP contribution is -2.37. The molecule has 1 saturated heterocycles. The predicted octanol–water partition coefficient (Wildman–Crippen LogP) is 2.15. The van der Waals surface area contributed by atoms with E-state index in [4.69, 9.17) is 5.11 Å². The summed E-state index contributed by atoms with van der Waals surface area (Å²) in [6, 6.07) is 1.81. The molecule has 5 nitrogen and oxygen atoms in total. The van der Waals surface area contributed by atoms with Gasteiger partial charge in [0, 0.05) is 24.0 Å². The van der Waals surface area contributed by atoms with Crippen LogP contribution in [0.5, 0.6) is 0 Å². The number of carboxylic acid groups (broad SMARTS) is 1. The fourth-order valence-electron chi connectivity index (χ4n) is 1.99. The number of nitrogens with one attached hydrogen (secondary N) is 1. The number of likely N-dealkylation sites (tertiary alicyclic amines) is 1. The second-order valence-electron chi connectivity index (χ2n) is 4.32. The molecule has 2 amide bonds. The molecule has 2 N–H and O–H groups in total. The number of carbonyl (C=O) groups is 2. The number of rotatable bonds is 4. The van der Waals surface area contributed by atoms with E-state index in [9.17, 15) is 9.59 Å². The Balaban J connectivity index is 1.90. The van der Waals surface area contributed by atoms with Crippen LogP contribution < -0.4 is 5.32 Å². The Kier molecular flexibility index (Phi) is 4.57. The Morgan fingerprint density at radius 2 is 2.16 bits per heavy atom. The van der Waals surface area contributed by atoms with Crippen molar-refractivity contribution in [2.75, 3.05) is 13.1 Å². The number of aliphatic carboxylic acids is 1. The zero-order chi connectivity index (χ0) is 13.7. The van der Waals surface area contributed by atoms with E-state index in [1.165, 1.54) is 11.3 Å². The number of carboxylic acids is 1. The van der Waals surface area contributed by atoms with Gasteiger partial charge in [-0.1, -0.05) is 0 Å². The second-order valence-corrected chi connectivity index (χ2v) is 5.32. The molecule has 1 aromatic rings. The summed E-state index contributed by atoms with van der Waals surface area (Å²) in [4.78, 5) is 25.1. The number of thiophene rings is 1. The van der Waals surface area contributed by atoms with Gasteiger partial charge < -0.3 is 15.3 Å². The van der Waals surface area contributed by atoms with E-state index in [1.54, 1.807) is 11.0 Å². The fraction of sp³-hybridized carbons (Fsp3) is 0.385. The SMILES string of the molecule is O=C(O)C=Cc1ccsc1CNC(=O)N1CCCC1. The van der Waals surface area contributed by atoms with Gasteiger partial charge in [-0.15, -0.1) is 11.3 Å². The highest BCUT2D eigenvalue weighted by Gasteiger charge is 2.17. The van der Waals surface area contributed by atoms with Gasteiger partial charge in [-0.05, 0) is 35.9 Å². The van der Waals surface area contributed by atoms with E-state index < -0.39 is 5.97 Å². The molecule has 0 bridgehead atoms. The maximum absolute atomic E-state index is 11.8. The van der Waals surface area contributed by atoms with Crippen LogP contribution in [0.15, 0.2) is 17.5 Å². The van der Waals surface area contributed by atoms with Gasteiger partial charge in [0.2, 0.25) is 0 Å². The maximum Gasteiger partial charge on any atom is 0.328 e. The minimum absolute atomic E-state index is 0.0425. The van der Waals surface area contributed by atoms with E-state index in [2.05, 4.69) is 5.32 Å². The van der Waals surface area contributed by atoms with E-state index in [0.29, 0.717) is 6.54 Å². The van der Waals surface area contributed by atoms with Crippen molar-refractivity contribution >= 4 is 29.4 Å². The van der Waals surface area contributed by atoms with E-state index in [-0.39, 0.29) is 6.03 Å². The number of amides is 2. The van der Waals surface area contributed by atoms with Gasteiger partial charge in [0.15, 0.2) is 0 Å². The molecule has 0 radical (unpaired) electrons. The molecule has 2 rings (SSSR count). The van der Waals surface area contributed by atoms with Crippen LogP contribution in [0.25, 0.3) is 6.08 Å². The Morgan fingerprint density at radius 1 is 1.42 bits per heavy atom. The van der Waals surface area contributed by atoms with Gasteiger partial charge in [0.25, 0.3) is 0 Å². The van der Waals surface area contributed by atoms with Crippen molar-refractivity contribution in [1.29, 1.82) is 0 Å². The third-order valence-electron chi connectivity index (χ3n) is 2.98.